The molecular weight excluding hydrogens is 232 g/mol. The summed E-state index contributed by atoms with van der Waals surface area (Å²) >= 11 is 0. The van der Waals surface area contributed by atoms with Gasteiger partial charge in [-0.15, -0.1) is 0 Å². The first-order valence-corrected chi connectivity index (χ1v) is 8.30. The first-order chi connectivity index (χ1) is 8.63. The van der Waals surface area contributed by atoms with Crippen molar-refractivity contribution in [3.63, 3.8) is 0 Å². The van der Waals surface area contributed by atoms with E-state index >= 15 is 0 Å². The first-order valence-electron chi connectivity index (χ1n) is 8.30. The van der Waals surface area contributed by atoms with E-state index in [1.807, 2.05) is 13.8 Å². The monoisotopic (exact) mass is 270 g/mol. The van der Waals surface area contributed by atoms with E-state index in [4.69, 9.17) is 4.74 Å². The van der Waals surface area contributed by atoms with E-state index in [0.29, 0.717) is 17.4 Å². The lowest BCUT2D eigenvalue weighted by Gasteiger charge is -2.40. The van der Waals surface area contributed by atoms with Crippen LogP contribution >= 0.6 is 0 Å². The van der Waals surface area contributed by atoms with Gasteiger partial charge in [0.1, 0.15) is 0 Å². The molecule has 0 spiro atoms. The summed E-state index contributed by atoms with van der Waals surface area (Å²) in [5.74, 6) is 1.47. The number of hydrogen-bond donors (Lipinski definition) is 0. The summed E-state index contributed by atoms with van der Waals surface area (Å²) in [6.07, 6.45) is 5.66. The minimum Gasteiger partial charge on any atom is -0.372 e. The van der Waals surface area contributed by atoms with Gasteiger partial charge in [-0.2, -0.15) is 0 Å². The van der Waals surface area contributed by atoms with Gasteiger partial charge in [-0.3, -0.25) is 0 Å². The third-order valence-electron chi connectivity index (χ3n) is 4.76. The predicted molar refractivity (Wildman–Crippen MR) is 86.6 cm³/mol. The molecular formula is C18H38O. The number of hydrogen-bond acceptors (Lipinski definition) is 1. The Hall–Kier alpha value is -0.0400. The summed E-state index contributed by atoms with van der Waals surface area (Å²) in [6.45, 7) is 20.1. The highest BCUT2D eigenvalue weighted by molar-refractivity contribution is 4.83. The molecule has 19 heavy (non-hydrogen) atoms. The Labute approximate surface area is 122 Å². The van der Waals surface area contributed by atoms with Crippen LogP contribution < -0.4 is 0 Å². The van der Waals surface area contributed by atoms with Gasteiger partial charge in [0, 0.05) is 0 Å². The topological polar surface area (TPSA) is 9.23 Å². The molecule has 0 atom stereocenters. The van der Waals surface area contributed by atoms with Gasteiger partial charge < -0.3 is 4.74 Å². The summed E-state index contributed by atoms with van der Waals surface area (Å²) in [6, 6.07) is 0. The van der Waals surface area contributed by atoms with E-state index in [0.717, 1.165) is 5.92 Å². The molecule has 1 nitrogen and oxygen atoms in total. The maximum Gasteiger partial charge on any atom is 0.0653 e. The Morgan fingerprint density at radius 2 is 1.26 bits per heavy atom. The molecule has 116 valence electrons. The van der Waals surface area contributed by atoms with Crippen molar-refractivity contribution >= 4 is 0 Å². The molecule has 0 aromatic heterocycles. The molecule has 0 aliphatic heterocycles. The molecule has 0 N–H and O–H groups in total. The fraction of sp³-hybridized carbons (Fsp3) is 1.00. The average molecular weight is 271 g/mol. The van der Waals surface area contributed by atoms with Crippen LogP contribution in [0, 0.1) is 17.3 Å². The van der Waals surface area contributed by atoms with Gasteiger partial charge in [0.05, 0.1) is 11.7 Å². The van der Waals surface area contributed by atoms with Gasteiger partial charge in [-0.05, 0) is 56.8 Å². The Balaban J connectivity index is 0.00000154. The smallest absolute Gasteiger partial charge is 0.0653 e. The third-order valence-corrected chi connectivity index (χ3v) is 4.76. The first kappa shape index (κ1) is 19.0. The fourth-order valence-electron chi connectivity index (χ4n) is 2.61. The van der Waals surface area contributed by atoms with E-state index in [2.05, 4.69) is 48.5 Å². The lowest BCUT2D eigenvalue weighted by molar-refractivity contribution is -0.116. The maximum absolute atomic E-state index is 6.30. The molecule has 1 fully saturated rings. The van der Waals surface area contributed by atoms with Crippen molar-refractivity contribution in [1.29, 1.82) is 0 Å². The molecule has 1 heteroatoms. The van der Waals surface area contributed by atoms with Crippen LogP contribution in [0.5, 0.6) is 0 Å². The predicted octanol–water partition coefficient (Wildman–Crippen LogP) is 6.07. The van der Waals surface area contributed by atoms with Crippen molar-refractivity contribution in [2.75, 3.05) is 0 Å². The molecule has 0 radical (unpaired) electrons. The highest BCUT2D eigenvalue weighted by atomic mass is 16.5. The van der Waals surface area contributed by atoms with E-state index < -0.39 is 0 Å². The van der Waals surface area contributed by atoms with Crippen LogP contribution in [0.25, 0.3) is 0 Å². The van der Waals surface area contributed by atoms with Crippen molar-refractivity contribution in [2.45, 2.75) is 99.7 Å². The van der Waals surface area contributed by atoms with Gasteiger partial charge in [-0.1, -0.05) is 48.5 Å². The maximum atomic E-state index is 6.30. The van der Waals surface area contributed by atoms with Gasteiger partial charge in [0.25, 0.3) is 0 Å². The normalized spacial score (nSPS) is 24.9. The van der Waals surface area contributed by atoms with Crippen LogP contribution in [-0.2, 0) is 4.74 Å². The van der Waals surface area contributed by atoms with Crippen LogP contribution in [0.15, 0.2) is 0 Å². The zero-order valence-electron chi connectivity index (χ0n) is 15.0. The molecule has 0 saturated heterocycles. The Morgan fingerprint density at radius 1 is 0.842 bits per heavy atom. The molecule has 1 rings (SSSR count). The number of ether oxygens (including phenoxy) is 1. The summed E-state index contributed by atoms with van der Waals surface area (Å²) < 4.78 is 6.30. The minimum atomic E-state index is 0.0270. The highest BCUT2D eigenvalue weighted by Gasteiger charge is 2.33. The molecule has 1 aliphatic rings. The largest absolute Gasteiger partial charge is 0.372 e. The Morgan fingerprint density at radius 3 is 1.58 bits per heavy atom. The fourth-order valence-corrected chi connectivity index (χ4v) is 2.61. The van der Waals surface area contributed by atoms with Crippen molar-refractivity contribution in [3.05, 3.63) is 0 Å². The SMILES string of the molecule is CC.CC(C)C(C)(C)OC1CCC(C(C)(C)C)CC1. The van der Waals surface area contributed by atoms with Crippen LogP contribution in [-0.4, -0.2) is 11.7 Å². The molecule has 1 saturated carbocycles. The number of rotatable bonds is 3. The Bertz CT molecular complexity index is 227. The zero-order valence-corrected chi connectivity index (χ0v) is 15.0. The second-order valence-electron chi connectivity index (χ2n) is 7.72. The molecule has 0 aromatic rings. The van der Waals surface area contributed by atoms with Crippen molar-refractivity contribution in [2.24, 2.45) is 17.3 Å². The van der Waals surface area contributed by atoms with E-state index in [1.54, 1.807) is 0 Å². The second kappa shape index (κ2) is 7.67. The third kappa shape index (κ3) is 6.29. The standard InChI is InChI=1S/C16H32O.C2H6/c1-12(2)16(6,7)17-14-10-8-13(9-11-14)15(3,4)5;1-2/h12-14H,8-11H2,1-7H3;1-2H3. The molecule has 0 bridgehead atoms. The lowest BCUT2D eigenvalue weighted by atomic mass is 9.72. The van der Waals surface area contributed by atoms with E-state index in [-0.39, 0.29) is 5.60 Å². The quantitative estimate of drug-likeness (QED) is 0.605. The van der Waals surface area contributed by atoms with E-state index in [1.165, 1.54) is 25.7 Å². The van der Waals surface area contributed by atoms with Crippen LogP contribution in [0.2, 0.25) is 0 Å². The van der Waals surface area contributed by atoms with Crippen molar-refractivity contribution in [3.8, 4) is 0 Å². The molecule has 0 unspecified atom stereocenters. The van der Waals surface area contributed by atoms with E-state index in [9.17, 15) is 0 Å². The van der Waals surface area contributed by atoms with Crippen LogP contribution in [0.3, 0.4) is 0 Å². The molecule has 0 heterocycles. The van der Waals surface area contributed by atoms with Crippen LogP contribution in [0.4, 0.5) is 0 Å². The highest BCUT2D eigenvalue weighted by Crippen LogP contribution is 2.39. The van der Waals surface area contributed by atoms with Gasteiger partial charge in [0.2, 0.25) is 0 Å². The summed E-state index contributed by atoms with van der Waals surface area (Å²) in [5, 5.41) is 0. The van der Waals surface area contributed by atoms with Crippen molar-refractivity contribution < 1.29 is 4.74 Å². The minimum absolute atomic E-state index is 0.0270. The van der Waals surface area contributed by atoms with Crippen molar-refractivity contribution in [1.82, 2.24) is 0 Å². The summed E-state index contributed by atoms with van der Waals surface area (Å²) in [5.41, 5.74) is 0.498. The molecule has 0 aromatic carbocycles. The van der Waals surface area contributed by atoms with Gasteiger partial charge in [-0.25, -0.2) is 0 Å². The van der Waals surface area contributed by atoms with Gasteiger partial charge >= 0.3 is 0 Å². The van der Waals surface area contributed by atoms with Gasteiger partial charge in [0.15, 0.2) is 0 Å². The summed E-state index contributed by atoms with van der Waals surface area (Å²) in [4.78, 5) is 0. The Kier molecular flexibility index (Phi) is 7.65. The lowest BCUT2D eigenvalue weighted by Crippen LogP contribution is -2.38. The average Bonchev–Trinajstić information content (AvgIpc) is 2.30. The second-order valence-corrected chi connectivity index (χ2v) is 7.72. The molecule has 0 amide bonds. The summed E-state index contributed by atoms with van der Waals surface area (Å²) in [7, 11) is 0. The van der Waals surface area contributed by atoms with Crippen LogP contribution in [0.1, 0.15) is 88.0 Å². The molecule has 1 aliphatic carbocycles. The zero-order chi connectivity index (χ0) is 15.3.